The number of carbonyl (C=O) groups excluding carboxylic acids is 1. The second-order valence-electron chi connectivity index (χ2n) is 5.65. The Kier molecular flexibility index (Phi) is 5.15. The number of hydrogen-bond acceptors (Lipinski definition) is 3. The monoisotopic (exact) mass is 297 g/mol. The number of hydrogen-bond donors (Lipinski definition) is 2. The van der Waals surface area contributed by atoms with E-state index in [1.165, 1.54) is 11.1 Å². The zero-order valence-electron chi connectivity index (χ0n) is 13.6. The summed E-state index contributed by atoms with van der Waals surface area (Å²) in [5, 5.41) is 6.19. The van der Waals surface area contributed by atoms with Gasteiger partial charge in [0.2, 0.25) is 5.91 Å². The molecule has 0 fully saturated rings. The molecule has 0 saturated carbocycles. The van der Waals surface area contributed by atoms with Crippen LogP contribution < -0.4 is 10.6 Å². The molecule has 0 spiro atoms. The van der Waals surface area contributed by atoms with Crippen LogP contribution in [0, 0.1) is 6.92 Å². The van der Waals surface area contributed by atoms with Gasteiger partial charge in [-0.1, -0.05) is 39.0 Å². The van der Waals surface area contributed by atoms with Crippen molar-refractivity contribution in [2.45, 2.75) is 40.0 Å². The number of nitrogens with zero attached hydrogens (tertiary/aromatic N) is 1. The van der Waals surface area contributed by atoms with E-state index in [2.05, 4.69) is 54.6 Å². The molecule has 1 heterocycles. The second-order valence-corrected chi connectivity index (χ2v) is 5.65. The van der Waals surface area contributed by atoms with Crippen molar-refractivity contribution >= 4 is 23.1 Å². The normalized spacial score (nSPS) is 10.6. The molecule has 0 aliphatic carbocycles. The van der Waals surface area contributed by atoms with Gasteiger partial charge in [-0.3, -0.25) is 4.79 Å². The lowest BCUT2D eigenvalue weighted by Gasteiger charge is -2.17. The molecule has 2 N–H and O–H groups in total. The van der Waals surface area contributed by atoms with E-state index in [1.54, 1.807) is 6.20 Å². The number of nitrogens with one attached hydrogen (secondary N) is 2. The lowest BCUT2D eigenvalue weighted by molar-refractivity contribution is -0.115. The Bertz CT molecular complexity index is 648. The van der Waals surface area contributed by atoms with Gasteiger partial charge in [0.15, 0.2) is 0 Å². The van der Waals surface area contributed by atoms with Crippen LogP contribution in [0.15, 0.2) is 36.5 Å². The predicted molar refractivity (Wildman–Crippen MR) is 91.7 cm³/mol. The van der Waals surface area contributed by atoms with Crippen LogP contribution in [0.1, 0.15) is 44.2 Å². The fraction of sp³-hybridized carbons (Fsp3) is 0.333. The number of benzene rings is 1. The van der Waals surface area contributed by atoms with Crippen molar-refractivity contribution in [2.75, 3.05) is 10.6 Å². The van der Waals surface area contributed by atoms with Crippen molar-refractivity contribution < 1.29 is 4.79 Å². The number of pyridine rings is 1. The molecule has 1 amide bonds. The maximum atomic E-state index is 11.4. The Labute approximate surface area is 132 Å². The summed E-state index contributed by atoms with van der Waals surface area (Å²) in [6.45, 7) is 8.27. The van der Waals surface area contributed by atoms with Gasteiger partial charge in [-0.05, 0) is 36.1 Å². The van der Waals surface area contributed by atoms with E-state index in [-0.39, 0.29) is 5.91 Å². The molecule has 0 atom stereocenters. The van der Waals surface area contributed by atoms with Gasteiger partial charge in [0.25, 0.3) is 0 Å². The standard InChI is InChI=1S/C18H23N3O/c1-5-17(22)20-14-9-10-16(19-11-14)21-18-13(4)7-6-8-15(18)12(2)3/h6-12H,5H2,1-4H3,(H,19,21)(H,20,22). The molecule has 0 bridgehead atoms. The van der Waals surface area contributed by atoms with Gasteiger partial charge in [0, 0.05) is 12.1 Å². The van der Waals surface area contributed by atoms with Gasteiger partial charge in [-0.2, -0.15) is 0 Å². The van der Waals surface area contributed by atoms with Crippen LogP contribution >= 0.6 is 0 Å². The summed E-state index contributed by atoms with van der Waals surface area (Å²) in [6, 6.07) is 10.0. The van der Waals surface area contributed by atoms with Gasteiger partial charge in [0.1, 0.15) is 5.82 Å². The average molecular weight is 297 g/mol. The third-order valence-corrected chi connectivity index (χ3v) is 3.55. The maximum absolute atomic E-state index is 11.4. The molecule has 0 aliphatic rings. The molecule has 0 radical (unpaired) electrons. The molecular weight excluding hydrogens is 274 g/mol. The van der Waals surface area contributed by atoms with E-state index in [9.17, 15) is 4.79 Å². The summed E-state index contributed by atoms with van der Waals surface area (Å²) in [5.41, 5.74) is 4.28. The van der Waals surface area contributed by atoms with Crippen LogP contribution in [0.3, 0.4) is 0 Å². The molecule has 22 heavy (non-hydrogen) atoms. The first kappa shape index (κ1) is 16.0. The fourth-order valence-electron chi connectivity index (χ4n) is 2.26. The van der Waals surface area contributed by atoms with Crippen molar-refractivity contribution in [2.24, 2.45) is 0 Å². The topological polar surface area (TPSA) is 54.0 Å². The average Bonchev–Trinajstić information content (AvgIpc) is 2.50. The maximum Gasteiger partial charge on any atom is 0.224 e. The molecular formula is C18H23N3O. The van der Waals surface area contributed by atoms with Crippen molar-refractivity contribution in [1.29, 1.82) is 0 Å². The predicted octanol–water partition coefficient (Wildman–Crippen LogP) is 4.61. The van der Waals surface area contributed by atoms with Crippen LogP contribution in [-0.4, -0.2) is 10.9 Å². The Morgan fingerprint density at radius 3 is 2.59 bits per heavy atom. The molecule has 4 nitrogen and oxygen atoms in total. The van der Waals surface area contributed by atoms with Crippen LogP contribution in [-0.2, 0) is 4.79 Å². The Morgan fingerprint density at radius 1 is 1.23 bits per heavy atom. The molecule has 2 aromatic rings. The van der Waals surface area contributed by atoms with E-state index in [4.69, 9.17) is 0 Å². The van der Waals surface area contributed by atoms with E-state index in [1.807, 2.05) is 19.1 Å². The highest BCUT2D eigenvalue weighted by Crippen LogP contribution is 2.29. The third-order valence-electron chi connectivity index (χ3n) is 3.55. The third kappa shape index (κ3) is 3.85. The summed E-state index contributed by atoms with van der Waals surface area (Å²) in [4.78, 5) is 15.7. The van der Waals surface area contributed by atoms with E-state index in [0.717, 1.165) is 11.5 Å². The largest absolute Gasteiger partial charge is 0.340 e. The van der Waals surface area contributed by atoms with Gasteiger partial charge in [0.05, 0.1) is 11.9 Å². The minimum absolute atomic E-state index is 0.0106. The smallest absolute Gasteiger partial charge is 0.224 e. The molecule has 0 unspecified atom stereocenters. The SMILES string of the molecule is CCC(=O)Nc1ccc(Nc2c(C)cccc2C(C)C)nc1. The number of rotatable bonds is 5. The first-order valence-electron chi connectivity index (χ1n) is 7.63. The van der Waals surface area contributed by atoms with E-state index >= 15 is 0 Å². The van der Waals surface area contributed by atoms with Gasteiger partial charge in [-0.15, -0.1) is 0 Å². The second kappa shape index (κ2) is 7.07. The molecule has 0 saturated heterocycles. The summed E-state index contributed by atoms with van der Waals surface area (Å²) >= 11 is 0. The highest BCUT2D eigenvalue weighted by Gasteiger charge is 2.09. The highest BCUT2D eigenvalue weighted by atomic mass is 16.1. The number of amides is 1. The van der Waals surface area contributed by atoms with Gasteiger partial charge < -0.3 is 10.6 Å². The minimum Gasteiger partial charge on any atom is -0.340 e. The van der Waals surface area contributed by atoms with Crippen molar-refractivity contribution in [1.82, 2.24) is 4.98 Å². The molecule has 116 valence electrons. The number of aromatic nitrogens is 1. The van der Waals surface area contributed by atoms with Crippen molar-refractivity contribution in [3.05, 3.63) is 47.7 Å². The minimum atomic E-state index is -0.0106. The Balaban J connectivity index is 2.20. The van der Waals surface area contributed by atoms with Crippen molar-refractivity contribution in [3.8, 4) is 0 Å². The van der Waals surface area contributed by atoms with Gasteiger partial charge >= 0.3 is 0 Å². The molecule has 0 aliphatic heterocycles. The summed E-state index contributed by atoms with van der Waals surface area (Å²) < 4.78 is 0. The molecule has 2 rings (SSSR count). The molecule has 1 aromatic heterocycles. The first-order valence-corrected chi connectivity index (χ1v) is 7.63. The Morgan fingerprint density at radius 2 is 2.00 bits per heavy atom. The van der Waals surface area contributed by atoms with Crippen LogP contribution in [0.4, 0.5) is 17.2 Å². The highest BCUT2D eigenvalue weighted by molar-refractivity contribution is 5.90. The zero-order chi connectivity index (χ0) is 16.1. The number of anilines is 3. The summed E-state index contributed by atoms with van der Waals surface area (Å²) in [5.74, 6) is 1.19. The lowest BCUT2D eigenvalue weighted by Crippen LogP contribution is -2.09. The van der Waals surface area contributed by atoms with Crippen molar-refractivity contribution in [3.63, 3.8) is 0 Å². The Hall–Kier alpha value is -2.36. The van der Waals surface area contributed by atoms with E-state index in [0.29, 0.717) is 18.0 Å². The van der Waals surface area contributed by atoms with E-state index < -0.39 is 0 Å². The number of para-hydroxylation sites is 1. The van der Waals surface area contributed by atoms with Gasteiger partial charge in [-0.25, -0.2) is 4.98 Å². The van der Waals surface area contributed by atoms with Crippen LogP contribution in [0.25, 0.3) is 0 Å². The van der Waals surface area contributed by atoms with Crippen LogP contribution in [0.2, 0.25) is 0 Å². The quantitative estimate of drug-likeness (QED) is 0.847. The van der Waals surface area contributed by atoms with Crippen LogP contribution in [0.5, 0.6) is 0 Å². The zero-order valence-corrected chi connectivity index (χ0v) is 13.6. The summed E-state index contributed by atoms with van der Waals surface area (Å²) in [7, 11) is 0. The number of aryl methyl sites for hydroxylation is 1. The number of carbonyl (C=O) groups is 1. The molecule has 1 aromatic carbocycles. The lowest BCUT2D eigenvalue weighted by atomic mass is 9.98. The first-order chi connectivity index (χ1) is 10.5. The molecule has 4 heteroatoms. The fourth-order valence-corrected chi connectivity index (χ4v) is 2.26. The summed E-state index contributed by atoms with van der Waals surface area (Å²) in [6.07, 6.45) is 2.13.